The van der Waals surface area contributed by atoms with E-state index in [1.54, 1.807) is 0 Å². The lowest BCUT2D eigenvalue weighted by molar-refractivity contribution is -0.149. The molecule has 0 bridgehead atoms. The van der Waals surface area contributed by atoms with Crippen molar-refractivity contribution in [2.45, 2.75) is 58.1 Å². The van der Waals surface area contributed by atoms with Crippen LogP contribution in [-0.4, -0.2) is 23.9 Å². The second kappa shape index (κ2) is 15.0. The van der Waals surface area contributed by atoms with Crippen molar-refractivity contribution < 1.29 is 14.6 Å². The van der Waals surface area contributed by atoms with Crippen LogP contribution in [0.3, 0.4) is 0 Å². The van der Waals surface area contributed by atoms with Crippen molar-refractivity contribution >= 4 is 5.97 Å². The molecule has 0 rings (SSSR count). The first-order valence-corrected chi connectivity index (χ1v) is 7.73. The van der Waals surface area contributed by atoms with Crippen molar-refractivity contribution in [1.29, 1.82) is 0 Å². The Hall–Kier alpha value is -1.39. The van der Waals surface area contributed by atoms with Crippen molar-refractivity contribution in [3.05, 3.63) is 36.5 Å². The third-order valence-corrected chi connectivity index (χ3v) is 2.84. The second-order valence-electron chi connectivity index (χ2n) is 4.80. The van der Waals surface area contributed by atoms with E-state index in [2.05, 4.69) is 31.2 Å². The molecule has 1 unspecified atom stereocenters. The summed E-state index contributed by atoms with van der Waals surface area (Å²) in [5.41, 5.74) is 5.20. The van der Waals surface area contributed by atoms with Gasteiger partial charge in [-0.25, -0.2) is 4.79 Å². The molecule has 0 aromatic heterocycles. The van der Waals surface area contributed by atoms with Crippen LogP contribution in [0.1, 0.15) is 51.9 Å². The number of carboxylic acid groups (broad SMARTS) is 1. The van der Waals surface area contributed by atoms with Gasteiger partial charge in [0.2, 0.25) is 6.23 Å². The molecule has 0 fully saturated rings. The van der Waals surface area contributed by atoms with Crippen molar-refractivity contribution in [2.24, 2.45) is 5.73 Å². The number of carboxylic acids is 1. The molecule has 0 radical (unpaired) electrons. The van der Waals surface area contributed by atoms with Crippen LogP contribution >= 0.6 is 0 Å². The standard InChI is InChI=1S/C17H29NO3/c1-2-3-4-5-6-7-8-9-10-11-12-13-14-15-21-16(18)17(19)20/h6-7,9-10,12-13,16H,2-5,8,11,14-15,18H2,1H3,(H,19,20)/b7-6-,10-9-,13-12-. The predicted molar refractivity (Wildman–Crippen MR) is 87.0 cm³/mol. The fraction of sp³-hybridized carbons (Fsp3) is 0.588. The third-order valence-electron chi connectivity index (χ3n) is 2.84. The van der Waals surface area contributed by atoms with Crippen LogP contribution in [0.25, 0.3) is 0 Å². The lowest BCUT2D eigenvalue weighted by Gasteiger charge is -2.05. The molecule has 0 aliphatic heterocycles. The largest absolute Gasteiger partial charge is 0.478 e. The van der Waals surface area contributed by atoms with Crippen molar-refractivity contribution in [2.75, 3.05) is 6.61 Å². The van der Waals surface area contributed by atoms with Gasteiger partial charge in [-0.15, -0.1) is 0 Å². The number of hydrogen-bond acceptors (Lipinski definition) is 3. The molecular formula is C17H29NO3. The van der Waals surface area contributed by atoms with E-state index in [1.165, 1.54) is 25.7 Å². The highest BCUT2D eigenvalue weighted by Gasteiger charge is 2.09. The van der Waals surface area contributed by atoms with Crippen molar-refractivity contribution in [3.63, 3.8) is 0 Å². The first-order valence-electron chi connectivity index (χ1n) is 7.73. The van der Waals surface area contributed by atoms with Crippen LogP contribution in [0.5, 0.6) is 0 Å². The quantitative estimate of drug-likeness (QED) is 0.308. The van der Waals surface area contributed by atoms with E-state index < -0.39 is 12.2 Å². The Bertz CT molecular complexity index is 335. The Kier molecular flexibility index (Phi) is 14.0. The van der Waals surface area contributed by atoms with Gasteiger partial charge in [-0.3, -0.25) is 5.73 Å². The highest BCUT2D eigenvalue weighted by Crippen LogP contribution is 2.00. The summed E-state index contributed by atoms with van der Waals surface area (Å²) in [4.78, 5) is 10.4. The van der Waals surface area contributed by atoms with Gasteiger partial charge in [0.1, 0.15) is 0 Å². The Morgan fingerprint density at radius 2 is 1.62 bits per heavy atom. The Balaban J connectivity index is 3.42. The van der Waals surface area contributed by atoms with E-state index in [-0.39, 0.29) is 0 Å². The second-order valence-corrected chi connectivity index (χ2v) is 4.80. The molecule has 0 aliphatic rings. The molecule has 4 heteroatoms. The van der Waals surface area contributed by atoms with Gasteiger partial charge in [0.25, 0.3) is 0 Å². The molecule has 0 aromatic carbocycles. The van der Waals surface area contributed by atoms with Crippen molar-refractivity contribution in [1.82, 2.24) is 0 Å². The molecule has 0 saturated heterocycles. The maximum absolute atomic E-state index is 10.4. The summed E-state index contributed by atoms with van der Waals surface area (Å²) in [6.07, 6.45) is 19.1. The number of aliphatic carboxylic acids is 1. The first-order chi connectivity index (χ1) is 10.2. The maximum atomic E-state index is 10.4. The van der Waals surface area contributed by atoms with E-state index in [4.69, 9.17) is 15.6 Å². The average molecular weight is 295 g/mol. The van der Waals surface area contributed by atoms with Crippen LogP contribution in [0.15, 0.2) is 36.5 Å². The monoisotopic (exact) mass is 295 g/mol. The van der Waals surface area contributed by atoms with E-state index in [0.717, 1.165) is 12.8 Å². The molecule has 0 saturated carbocycles. The Morgan fingerprint density at radius 3 is 2.19 bits per heavy atom. The van der Waals surface area contributed by atoms with E-state index in [0.29, 0.717) is 13.0 Å². The number of rotatable bonds is 13. The zero-order chi connectivity index (χ0) is 15.8. The van der Waals surface area contributed by atoms with Gasteiger partial charge in [-0.05, 0) is 32.1 Å². The summed E-state index contributed by atoms with van der Waals surface area (Å²) in [6.45, 7) is 2.54. The first kappa shape index (κ1) is 19.6. The predicted octanol–water partition coefficient (Wildman–Crippen LogP) is 3.79. The highest BCUT2D eigenvalue weighted by molar-refractivity contribution is 5.71. The Morgan fingerprint density at radius 1 is 1.05 bits per heavy atom. The summed E-state index contributed by atoms with van der Waals surface area (Å²) in [6, 6.07) is 0. The Labute approximate surface area is 128 Å². The number of hydrogen-bond donors (Lipinski definition) is 2. The topological polar surface area (TPSA) is 72.5 Å². The summed E-state index contributed by atoms with van der Waals surface area (Å²) in [5.74, 6) is -1.13. The maximum Gasteiger partial charge on any atom is 0.347 e. The number of ether oxygens (including phenoxy) is 1. The van der Waals surface area contributed by atoms with Gasteiger partial charge in [-0.2, -0.15) is 0 Å². The fourth-order valence-corrected chi connectivity index (χ4v) is 1.62. The third kappa shape index (κ3) is 14.8. The number of unbranched alkanes of at least 4 members (excludes halogenated alkanes) is 3. The van der Waals surface area contributed by atoms with Crippen LogP contribution in [0.4, 0.5) is 0 Å². The van der Waals surface area contributed by atoms with E-state index in [1.807, 2.05) is 12.2 Å². The van der Waals surface area contributed by atoms with Gasteiger partial charge < -0.3 is 9.84 Å². The molecule has 0 heterocycles. The number of nitrogens with two attached hydrogens (primary N) is 1. The highest BCUT2D eigenvalue weighted by atomic mass is 16.5. The zero-order valence-electron chi connectivity index (χ0n) is 13.0. The number of allylic oxidation sites excluding steroid dienone is 5. The summed E-state index contributed by atoms with van der Waals surface area (Å²) in [7, 11) is 0. The molecule has 3 N–H and O–H groups in total. The van der Waals surface area contributed by atoms with Crippen LogP contribution < -0.4 is 5.73 Å². The van der Waals surface area contributed by atoms with Gasteiger partial charge in [0.15, 0.2) is 0 Å². The lowest BCUT2D eigenvalue weighted by Crippen LogP contribution is -2.33. The van der Waals surface area contributed by atoms with Gasteiger partial charge in [0.05, 0.1) is 6.61 Å². The molecule has 1 atom stereocenters. The van der Waals surface area contributed by atoms with Gasteiger partial charge in [-0.1, -0.05) is 56.2 Å². The average Bonchev–Trinajstić information content (AvgIpc) is 2.47. The van der Waals surface area contributed by atoms with Crippen LogP contribution in [0.2, 0.25) is 0 Å². The van der Waals surface area contributed by atoms with Crippen LogP contribution in [0, 0.1) is 0 Å². The lowest BCUT2D eigenvalue weighted by atomic mass is 10.2. The minimum absolute atomic E-state index is 0.328. The molecule has 120 valence electrons. The van der Waals surface area contributed by atoms with E-state index in [9.17, 15) is 4.79 Å². The van der Waals surface area contributed by atoms with E-state index >= 15 is 0 Å². The smallest absolute Gasteiger partial charge is 0.347 e. The molecule has 0 spiro atoms. The minimum atomic E-state index is -1.22. The molecule has 21 heavy (non-hydrogen) atoms. The molecule has 0 aromatic rings. The zero-order valence-corrected chi connectivity index (χ0v) is 13.0. The fourth-order valence-electron chi connectivity index (χ4n) is 1.62. The minimum Gasteiger partial charge on any atom is -0.478 e. The molecular weight excluding hydrogens is 266 g/mol. The number of carbonyl (C=O) groups is 1. The normalized spacial score (nSPS) is 13.6. The summed E-state index contributed by atoms with van der Waals surface area (Å²) in [5, 5.41) is 8.50. The summed E-state index contributed by atoms with van der Waals surface area (Å²) >= 11 is 0. The SMILES string of the molecule is CCCCC/C=C\C/C=C\C/C=C\CCOC(N)C(=O)O. The van der Waals surface area contributed by atoms with Gasteiger partial charge >= 0.3 is 5.97 Å². The van der Waals surface area contributed by atoms with Gasteiger partial charge in [0, 0.05) is 0 Å². The van der Waals surface area contributed by atoms with Crippen molar-refractivity contribution in [3.8, 4) is 0 Å². The molecule has 0 amide bonds. The molecule has 4 nitrogen and oxygen atoms in total. The molecule has 0 aliphatic carbocycles. The summed E-state index contributed by atoms with van der Waals surface area (Å²) < 4.78 is 4.90. The van der Waals surface area contributed by atoms with Crippen LogP contribution in [-0.2, 0) is 9.53 Å².